The molecule has 2 heteroatoms. The SMILES string of the molecule is C=C(OCC)c1ccc(C)c(C(C)CC)c1Cl. The van der Waals surface area contributed by atoms with Gasteiger partial charge in [-0.2, -0.15) is 0 Å². The molecule has 1 aromatic carbocycles. The second kappa shape index (κ2) is 6.11. The quantitative estimate of drug-likeness (QED) is 0.657. The summed E-state index contributed by atoms with van der Waals surface area (Å²) in [6, 6.07) is 4.08. The van der Waals surface area contributed by atoms with Crippen molar-refractivity contribution in [3.8, 4) is 0 Å². The Morgan fingerprint density at radius 3 is 2.59 bits per heavy atom. The lowest BCUT2D eigenvalue weighted by molar-refractivity contribution is 0.299. The first-order valence-corrected chi connectivity index (χ1v) is 6.51. The van der Waals surface area contributed by atoms with E-state index in [0.29, 0.717) is 18.3 Å². The minimum absolute atomic E-state index is 0.455. The van der Waals surface area contributed by atoms with Crippen LogP contribution in [0.2, 0.25) is 5.02 Å². The molecule has 1 unspecified atom stereocenters. The highest BCUT2D eigenvalue weighted by atomic mass is 35.5. The minimum Gasteiger partial charge on any atom is -0.494 e. The van der Waals surface area contributed by atoms with Crippen molar-refractivity contribution in [1.82, 2.24) is 0 Å². The van der Waals surface area contributed by atoms with Crippen LogP contribution in [-0.2, 0) is 4.74 Å². The standard InChI is InChI=1S/C15H21ClO/c1-6-10(3)14-11(4)8-9-13(15(14)16)12(5)17-7-2/h8-10H,5-7H2,1-4H3. The Balaban J connectivity index is 3.23. The normalized spacial score (nSPS) is 12.3. The van der Waals surface area contributed by atoms with Crippen molar-refractivity contribution in [2.75, 3.05) is 6.61 Å². The molecule has 0 amide bonds. The summed E-state index contributed by atoms with van der Waals surface area (Å²) in [6.45, 7) is 12.9. The van der Waals surface area contributed by atoms with Crippen LogP contribution in [0, 0.1) is 6.92 Å². The number of ether oxygens (including phenoxy) is 1. The molecule has 0 heterocycles. The van der Waals surface area contributed by atoms with Crippen LogP contribution < -0.4 is 0 Å². The molecule has 1 aromatic rings. The van der Waals surface area contributed by atoms with E-state index in [9.17, 15) is 0 Å². The van der Waals surface area contributed by atoms with Gasteiger partial charge >= 0.3 is 0 Å². The molecular weight excluding hydrogens is 232 g/mol. The Bertz CT molecular complexity index is 410. The monoisotopic (exact) mass is 252 g/mol. The molecule has 0 N–H and O–H groups in total. The predicted molar refractivity (Wildman–Crippen MR) is 75.6 cm³/mol. The summed E-state index contributed by atoms with van der Waals surface area (Å²) < 4.78 is 5.44. The summed E-state index contributed by atoms with van der Waals surface area (Å²) in [5.74, 6) is 1.11. The molecule has 0 bridgehead atoms. The molecule has 1 atom stereocenters. The van der Waals surface area contributed by atoms with Crippen molar-refractivity contribution in [2.24, 2.45) is 0 Å². The molecule has 1 nitrogen and oxygen atoms in total. The van der Waals surface area contributed by atoms with E-state index in [1.807, 2.05) is 13.0 Å². The average molecular weight is 253 g/mol. The van der Waals surface area contributed by atoms with Crippen LogP contribution in [0.4, 0.5) is 0 Å². The van der Waals surface area contributed by atoms with Gasteiger partial charge in [-0.15, -0.1) is 0 Å². The second-order valence-electron chi connectivity index (χ2n) is 4.32. The topological polar surface area (TPSA) is 9.23 Å². The zero-order chi connectivity index (χ0) is 13.0. The third-order valence-corrected chi connectivity index (χ3v) is 3.53. The van der Waals surface area contributed by atoms with Gasteiger partial charge in [0, 0.05) is 5.56 Å². The molecule has 0 aromatic heterocycles. The van der Waals surface area contributed by atoms with Gasteiger partial charge in [0.25, 0.3) is 0 Å². The van der Waals surface area contributed by atoms with Crippen molar-refractivity contribution in [1.29, 1.82) is 0 Å². The first-order valence-electron chi connectivity index (χ1n) is 6.13. The average Bonchev–Trinajstić information content (AvgIpc) is 2.29. The molecule has 0 aliphatic rings. The van der Waals surface area contributed by atoms with E-state index < -0.39 is 0 Å². The van der Waals surface area contributed by atoms with Crippen LogP contribution in [-0.4, -0.2) is 6.61 Å². The van der Waals surface area contributed by atoms with Gasteiger partial charge in [0.2, 0.25) is 0 Å². The summed E-state index contributed by atoms with van der Waals surface area (Å²) >= 11 is 6.48. The highest BCUT2D eigenvalue weighted by Gasteiger charge is 2.16. The Morgan fingerprint density at radius 2 is 2.06 bits per heavy atom. The molecule has 0 saturated carbocycles. The van der Waals surface area contributed by atoms with Crippen molar-refractivity contribution in [2.45, 2.75) is 40.0 Å². The third-order valence-electron chi connectivity index (χ3n) is 3.12. The molecule has 94 valence electrons. The number of hydrogen-bond donors (Lipinski definition) is 0. The Morgan fingerprint density at radius 1 is 1.41 bits per heavy atom. The summed E-state index contributed by atoms with van der Waals surface area (Å²) in [5.41, 5.74) is 3.36. The predicted octanol–water partition coefficient (Wildman–Crippen LogP) is 5.17. The Kier molecular flexibility index (Phi) is 5.07. The molecule has 0 fully saturated rings. The van der Waals surface area contributed by atoms with Crippen LogP contribution in [0.15, 0.2) is 18.7 Å². The van der Waals surface area contributed by atoms with Gasteiger partial charge in [-0.3, -0.25) is 0 Å². The first kappa shape index (κ1) is 14.1. The molecule has 17 heavy (non-hydrogen) atoms. The van der Waals surface area contributed by atoms with Crippen LogP contribution in [0.5, 0.6) is 0 Å². The van der Waals surface area contributed by atoms with Crippen LogP contribution in [0.3, 0.4) is 0 Å². The van der Waals surface area contributed by atoms with E-state index in [1.54, 1.807) is 0 Å². The summed E-state index contributed by atoms with van der Waals surface area (Å²) in [7, 11) is 0. The van der Waals surface area contributed by atoms with Gasteiger partial charge in [0.1, 0.15) is 5.76 Å². The molecule has 0 aliphatic heterocycles. The first-order chi connectivity index (χ1) is 8.02. The van der Waals surface area contributed by atoms with Crippen molar-refractivity contribution in [3.05, 3.63) is 40.4 Å². The second-order valence-corrected chi connectivity index (χ2v) is 4.70. The lowest BCUT2D eigenvalue weighted by atomic mass is 9.92. The number of hydrogen-bond acceptors (Lipinski definition) is 1. The third kappa shape index (κ3) is 3.04. The van der Waals surface area contributed by atoms with Gasteiger partial charge in [-0.05, 0) is 43.4 Å². The van der Waals surface area contributed by atoms with E-state index >= 15 is 0 Å². The number of benzene rings is 1. The Hall–Kier alpha value is -0.950. The van der Waals surface area contributed by atoms with E-state index in [0.717, 1.165) is 17.0 Å². The lowest BCUT2D eigenvalue weighted by Crippen LogP contribution is -2.00. The van der Waals surface area contributed by atoms with Crippen LogP contribution >= 0.6 is 11.6 Å². The molecule has 0 saturated heterocycles. The van der Waals surface area contributed by atoms with Crippen molar-refractivity contribution in [3.63, 3.8) is 0 Å². The maximum absolute atomic E-state index is 6.48. The van der Waals surface area contributed by atoms with E-state index in [-0.39, 0.29) is 0 Å². The molecule has 0 aliphatic carbocycles. The fourth-order valence-corrected chi connectivity index (χ4v) is 2.47. The van der Waals surface area contributed by atoms with E-state index in [4.69, 9.17) is 16.3 Å². The molecule has 1 rings (SSSR count). The zero-order valence-corrected chi connectivity index (χ0v) is 11.9. The lowest BCUT2D eigenvalue weighted by Gasteiger charge is -2.18. The van der Waals surface area contributed by atoms with Crippen LogP contribution in [0.25, 0.3) is 5.76 Å². The Labute approximate surface area is 109 Å². The van der Waals surface area contributed by atoms with E-state index in [1.165, 1.54) is 11.1 Å². The summed E-state index contributed by atoms with van der Waals surface area (Å²) in [4.78, 5) is 0. The highest BCUT2D eigenvalue weighted by Crippen LogP contribution is 2.35. The van der Waals surface area contributed by atoms with Gasteiger partial charge in [-0.25, -0.2) is 0 Å². The smallest absolute Gasteiger partial charge is 0.120 e. The summed E-state index contributed by atoms with van der Waals surface area (Å²) in [5, 5.41) is 0.790. The van der Waals surface area contributed by atoms with E-state index in [2.05, 4.69) is 33.4 Å². The van der Waals surface area contributed by atoms with Gasteiger partial charge in [0.05, 0.1) is 11.6 Å². The fourth-order valence-electron chi connectivity index (χ4n) is 1.97. The van der Waals surface area contributed by atoms with Crippen molar-refractivity contribution < 1.29 is 4.74 Å². The number of rotatable bonds is 5. The number of aryl methyl sites for hydroxylation is 1. The fraction of sp³-hybridized carbons (Fsp3) is 0.467. The maximum atomic E-state index is 6.48. The zero-order valence-electron chi connectivity index (χ0n) is 11.1. The highest BCUT2D eigenvalue weighted by molar-refractivity contribution is 6.33. The largest absolute Gasteiger partial charge is 0.494 e. The summed E-state index contributed by atoms with van der Waals surface area (Å²) in [6.07, 6.45) is 1.07. The van der Waals surface area contributed by atoms with Gasteiger partial charge in [0.15, 0.2) is 0 Å². The molecule has 0 spiro atoms. The van der Waals surface area contributed by atoms with Gasteiger partial charge in [-0.1, -0.05) is 38.1 Å². The number of halogens is 1. The molecule has 0 radical (unpaired) electrons. The van der Waals surface area contributed by atoms with Crippen molar-refractivity contribution >= 4 is 17.4 Å². The minimum atomic E-state index is 0.455. The maximum Gasteiger partial charge on any atom is 0.120 e. The van der Waals surface area contributed by atoms with Gasteiger partial charge < -0.3 is 4.74 Å². The molecular formula is C15H21ClO. The van der Waals surface area contributed by atoms with Crippen LogP contribution in [0.1, 0.15) is 49.8 Å².